The van der Waals surface area contributed by atoms with E-state index in [2.05, 4.69) is 9.97 Å². The van der Waals surface area contributed by atoms with Gasteiger partial charge in [0.05, 0.1) is 5.92 Å². The number of aromatic nitrogens is 2. The molecule has 0 amide bonds. The molecule has 0 aromatic carbocycles. The fourth-order valence-electron chi connectivity index (χ4n) is 1.13. The Morgan fingerprint density at radius 1 is 1.54 bits per heavy atom. The van der Waals surface area contributed by atoms with Gasteiger partial charge in [-0.15, -0.1) is 0 Å². The molecular weight excluding hydrogens is 176 g/mol. The van der Waals surface area contributed by atoms with Gasteiger partial charge in [-0.3, -0.25) is 0 Å². The molecule has 5 heteroatoms. The highest BCUT2D eigenvalue weighted by Gasteiger charge is 2.22. The van der Waals surface area contributed by atoms with E-state index in [-0.39, 0.29) is 6.54 Å². The molecule has 3 nitrogen and oxygen atoms in total. The number of nitrogens with two attached hydrogens (primary N) is 1. The van der Waals surface area contributed by atoms with Crippen molar-refractivity contribution in [1.29, 1.82) is 0 Å². The summed E-state index contributed by atoms with van der Waals surface area (Å²) in [5, 5.41) is 0. The summed E-state index contributed by atoms with van der Waals surface area (Å²) in [6, 6.07) is 0. The van der Waals surface area contributed by atoms with Crippen LogP contribution in [0.3, 0.4) is 0 Å². The number of halogens is 2. The molecule has 0 spiro atoms. The maximum absolute atomic E-state index is 12.4. The van der Waals surface area contributed by atoms with Crippen LogP contribution >= 0.6 is 0 Å². The number of hydrogen-bond acceptors (Lipinski definition) is 3. The number of alkyl halides is 2. The Balaban J connectivity index is 2.97. The van der Waals surface area contributed by atoms with Crippen molar-refractivity contribution in [2.24, 2.45) is 5.73 Å². The molecule has 1 unspecified atom stereocenters. The van der Waals surface area contributed by atoms with E-state index in [0.717, 1.165) is 0 Å². The fourth-order valence-corrected chi connectivity index (χ4v) is 1.13. The lowest BCUT2D eigenvalue weighted by Crippen LogP contribution is -2.21. The van der Waals surface area contributed by atoms with Crippen molar-refractivity contribution in [2.45, 2.75) is 19.3 Å². The Labute approximate surface area is 75.0 Å². The van der Waals surface area contributed by atoms with E-state index in [9.17, 15) is 8.78 Å². The number of hydrogen-bond donors (Lipinski definition) is 1. The van der Waals surface area contributed by atoms with E-state index in [0.29, 0.717) is 11.3 Å². The average molecular weight is 187 g/mol. The first-order valence-corrected chi connectivity index (χ1v) is 3.91. The lowest BCUT2D eigenvalue weighted by molar-refractivity contribution is 0.116. The summed E-state index contributed by atoms with van der Waals surface area (Å²) < 4.78 is 24.9. The minimum Gasteiger partial charge on any atom is -0.330 e. The molecule has 13 heavy (non-hydrogen) atoms. The molecule has 0 aliphatic heterocycles. The Morgan fingerprint density at radius 3 is 2.69 bits per heavy atom. The molecule has 1 atom stereocenters. The average Bonchev–Trinajstić information content (AvgIpc) is 2.09. The van der Waals surface area contributed by atoms with Crippen molar-refractivity contribution < 1.29 is 8.78 Å². The molecule has 0 aliphatic carbocycles. The van der Waals surface area contributed by atoms with E-state index in [1.165, 1.54) is 12.5 Å². The van der Waals surface area contributed by atoms with Crippen molar-refractivity contribution >= 4 is 0 Å². The van der Waals surface area contributed by atoms with Gasteiger partial charge in [0.25, 0.3) is 0 Å². The van der Waals surface area contributed by atoms with Gasteiger partial charge in [0, 0.05) is 24.0 Å². The van der Waals surface area contributed by atoms with E-state index in [1.807, 2.05) is 0 Å². The Morgan fingerprint density at radius 2 is 2.23 bits per heavy atom. The van der Waals surface area contributed by atoms with Crippen LogP contribution in [0.5, 0.6) is 0 Å². The highest BCUT2D eigenvalue weighted by atomic mass is 19.3. The molecule has 1 aromatic rings. The van der Waals surface area contributed by atoms with E-state index < -0.39 is 12.3 Å². The van der Waals surface area contributed by atoms with Crippen molar-refractivity contribution in [3.63, 3.8) is 0 Å². The molecule has 72 valence electrons. The first kappa shape index (κ1) is 9.98. The fraction of sp³-hybridized carbons (Fsp3) is 0.500. The predicted molar refractivity (Wildman–Crippen MR) is 44.6 cm³/mol. The van der Waals surface area contributed by atoms with Gasteiger partial charge in [0.2, 0.25) is 6.43 Å². The zero-order valence-corrected chi connectivity index (χ0v) is 7.24. The molecule has 2 N–H and O–H groups in total. The van der Waals surface area contributed by atoms with Crippen LogP contribution in [0.15, 0.2) is 12.5 Å². The maximum atomic E-state index is 12.4. The molecule has 0 bridgehead atoms. The zero-order chi connectivity index (χ0) is 9.84. The van der Waals surface area contributed by atoms with Crippen LogP contribution in [0.25, 0.3) is 0 Å². The van der Waals surface area contributed by atoms with Gasteiger partial charge in [0.15, 0.2) is 0 Å². The van der Waals surface area contributed by atoms with Gasteiger partial charge in [-0.2, -0.15) is 0 Å². The second kappa shape index (κ2) is 4.23. The largest absolute Gasteiger partial charge is 0.330 e. The molecule has 0 fully saturated rings. The summed E-state index contributed by atoms with van der Waals surface area (Å²) in [6.07, 6.45) is 0.263. The highest BCUT2D eigenvalue weighted by molar-refractivity contribution is 5.20. The van der Waals surface area contributed by atoms with Gasteiger partial charge >= 0.3 is 0 Å². The van der Waals surface area contributed by atoms with Crippen LogP contribution in [0.1, 0.15) is 17.2 Å². The van der Waals surface area contributed by atoms with Crippen LogP contribution in [-0.2, 0) is 0 Å². The van der Waals surface area contributed by atoms with Gasteiger partial charge < -0.3 is 5.73 Å². The molecular formula is C8H11F2N3. The molecule has 0 radical (unpaired) electrons. The second-order valence-corrected chi connectivity index (χ2v) is 2.74. The summed E-state index contributed by atoms with van der Waals surface area (Å²) in [4.78, 5) is 7.53. The van der Waals surface area contributed by atoms with Gasteiger partial charge in [0.1, 0.15) is 6.33 Å². The third-order valence-corrected chi connectivity index (χ3v) is 1.91. The van der Waals surface area contributed by atoms with Crippen LogP contribution in [-0.4, -0.2) is 22.9 Å². The summed E-state index contributed by atoms with van der Waals surface area (Å²) in [5.41, 5.74) is 6.23. The van der Waals surface area contributed by atoms with Gasteiger partial charge in [-0.25, -0.2) is 18.7 Å². The highest BCUT2D eigenvalue weighted by Crippen LogP contribution is 2.22. The van der Waals surface area contributed by atoms with E-state index in [1.54, 1.807) is 6.92 Å². The molecule has 1 heterocycles. The first-order valence-electron chi connectivity index (χ1n) is 3.91. The third-order valence-electron chi connectivity index (χ3n) is 1.91. The topological polar surface area (TPSA) is 51.8 Å². The second-order valence-electron chi connectivity index (χ2n) is 2.74. The van der Waals surface area contributed by atoms with Gasteiger partial charge in [-0.05, 0) is 6.92 Å². The lowest BCUT2D eigenvalue weighted by atomic mass is 10.0. The minimum atomic E-state index is -2.46. The first-order chi connectivity index (χ1) is 6.16. The van der Waals surface area contributed by atoms with Crippen LogP contribution < -0.4 is 5.73 Å². The van der Waals surface area contributed by atoms with Crippen molar-refractivity contribution in [3.8, 4) is 0 Å². The Hall–Kier alpha value is -1.10. The van der Waals surface area contributed by atoms with E-state index in [4.69, 9.17) is 5.73 Å². The molecule has 1 aromatic heterocycles. The SMILES string of the molecule is Cc1ncncc1C(CN)C(F)F. The molecule has 1 rings (SSSR count). The lowest BCUT2D eigenvalue weighted by Gasteiger charge is -2.14. The molecule has 0 saturated heterocycles. The van der Waals surface area contributed by atoms with Crippen molar-refractivity contribution in [2.75, 3.05) is 6.54 Å². The Bertz CT molecular complexity index is 278. The number of nitrogens with zero attached hydrogens (tertiary/aromatic N) is 2. The van der Waals surface area contributed by atoms with Crippen LogP contribution in [0.4, 0.5) is 8.78 Å². The van der Waals surface area contributed by atoms with Gasteiger partial charge in [-0.1, -0.05) is 0 Å². The quantitative estimate of drug-likeness (QED) is 0.770. The third kappa shape index (κ3) is 2.18. The smallest absolute Gasteiger partial charge is 0.246 e. The maximum Gasteiger partial charge on any atom is 0.246 e. The summed E-state index contributed by atoms with van der Waals surface area (Å²) in [5.74, 6) is -0.957. The predicted octanol–water partition coefficient (Wildman–Crippen LogP) is 1.09. The van der Waals surface area contributed by atoms with Crippen LogP contribution in [0, 0.1) is 6.92 Å². The minimum absolute atomic E-state index is 0.0914. The normalized spacial score (nSPS) is 13.3. The molecule has 0 saturated carbocycles. The number of aryl methyl sites for hydroxylation is 1. The summed E-state index contributed by atoms with van der Waals surface area (Å²) >= 11 is 0. The van der Waals surface area contributed by atoms with E-state index >= 15 is 0 Å². The van der Waals surface area contributed by atoms with Crippen molar-refractivity contribution in [1.82, 2.24) is 9.97 Å². The van der Waals surface area contributed by atoms with Crippen LogP contribution in [0.2, 0.25) is 0 Å². The standard InChI is InChI=1S/C8H11F2N3/c1-5-7(3-12-4-13-5)6(2-11)8(9)10/h3-4,6,8H,2,11H2,1H3. The Kier molecular flexibility index (Phi) is 3.25. The van der Waals surface area contributed by atoms with Crippen molar-refractivity contribution in [3.05, 3.63) is 23.8 Å². The zero-order valence-electron chi connectivity index (χ0n) is 7.24. The monoisotopic (exact) mass is 187 g/mol. The molecule has 0 aliphatic rings. The number of rotatable bonds is 3. The summed E-state index contributed by atoms with van der Waals surface area (Å²) in [6.45, 7) is 1.58. The summed E-state index contributed by atoms with van der Waals surface area (Å²) in [7, 11) is 0.